The molecule has 0 aliphatic rings. The number of hydrogen-bond donors (Lipinski definition) is 0. The van der Waals surface area contributed by atoms with E-state index >= 15 is 0 Å². The Kier molecular flexibility index (Phi) is 13.4. The van der Waals surface area contributed by atoms with Gasteiger partial charge >= 0.3 is 0 Å². The zero-order chi connectivity index (χ0) is 60.9. The fourth-order valence-corrected chi connectivity index (χ4v) is 13.4. The van der Waals surface area contributed by atoms with Gasteiger partial charge in [-0.3, -0.25) is 4.98 Å². The lowest BCUT2D eigenvalue weighted by molar-refractivity contribution is 1.07. The molecule has 0 spiro atoms. The van der Waals surface area contributed by atoms with Crippen LogP contribution >= 0.6 is 0 Å². The molecule has 6 nitrogen and oxygen atoms in total. The van der Waals surface area contributed by atoms with Crippen molar-refractivity contribution in [2.24, 2.45) is 0 Å². The van der Waals surface area contributed by atoms with Crippen LogP contribution in [0.4, 0.5) is 0 Å². The van der Waals surface area contributed by atoms with Gasteiger partial charge in [-0.15, -0.1) is 0 Å². The Bertz CT molecular complexity index is 5040. The van der Waals surface area contributed by atoms with E-state index in [1.165, 1.54) is 66.1 Å². The monoisotopic (exact) mass is 1170 g/mol. The van der Waals surface area contributed by atoms with Crippen LogP contribution in [0.3, 0.4) is 0 Å². The van der Waals surface area contributed by atoms with Crippen molar-refractivity contribution in [3.05, 3.63) is 340 Å². The highest BCUT2D eigenvalue weighted by atomic mass is 15.0. The maximum Gasteiger partial charge on any atom is 0.164 e. The number of nitrogens with zero attached hydrogens (tertiary/aromatic N) is 6. The molecule has 4 heterocycles. The molecule has 0 aliphatic carbocycles. The minimum atomic E-state index is 0.569. The first-order chi connectivity index (χ1) is 45.6. The quantitative estimate of drug-likeness (QED) is 0.122. The van der Waals surface area contributed by atoms with E-state index in [1.807, 2.05) is 48.8 Å². The highest BCUT2D eigenvalue weighted by Crippen LogP contribution is 2.46. The van der Waals surface area contributed by atoms with Crippen LogP contribution in [-0.4, -0.2) is 29.1 Å². The molecule has 430 valence electrons. The third-order valence-corrected chi connectivity index (χ3v) is 17.9. The van der Waals surface area contributed by atoms with E-state index < -0.39 is 0 Å². The average Bonchev–Trinajstić information content (AvgIpc) is 1.64. The van der Waals surface area contributed by atoms with Gasteiger partial charge in [0, 0.05) is 62.0 Å². The van der Waals surface area contributed by atoms with E-state index in [-0.39, 0.29) is 0 Å². The van der Waals surface area contributed by atoms with Crippen LogP contribution in [0.5, 0.6) is 0 Å². The van der Waals surface area contributed by atoms with Gasteiger partial charge in [0.05, 0.1) is 22.1 Å². The molecule has 0 N–H and O–H groups in total. The second-order valence-corrected chi connectivity index (χ2v) is 23.4. The summed E-state index contributed by atoms with van der Waals surface area (Å²) in [6.07, 6.45) is 3.77. The Balaban J connectivity index is 0.860. The van der Waals surface area contributed by atoms with Crippen LogP contribution < -0.4 is 0 Å². The fourth-order valence-electron chi connectivity index (χ4n) is 13.4. The van der Waals surface area contributed by atoms with Crippen molar-refractivity contribution >= 4 is 43.6 Å². The first-order valence-corrected chi connectivity index (χ1v) is 31.2. The molecular weight excluding hydrogens is 1120 g/mol. The summed E-state index contributed by atoms with van der Waals surface area (Å²) in [6.45, 7) is 0. The minimum absolute atomic E-state index is 0.569. The smallest absolute Gasteiger partial charge is 0.164 e. The Morgan fingerprint density at radius 1 is 0.196 bits per heavy atom. The number of pyridine rings is 1. The molecule has 0 amide bonds. The van der Waals surface area contributed by atoms with Crippen LogP contribution in [0.25, 0.3) is 167 Å². The van der Waals surface area contributed by atoms with Crippen molar-refractivity contribution in [3.8, 4) is 123 Å². The molecule has 0 bridgehead atoms. The summed E-state index contributed by atoms with van der Waals surface area (Å²) in [5, 5.41) is 4.78. The molecular formula is C86H56N6. The first kappa shape index (κ1) is 53.8. The maximum absolute atomic E-state index is 5.35. The summed E-state index contributed by atoms with van der Waals surface area (Å²) in [4.78, 5) is 20.4. The number of fused-ring (bicyclic) bond motifs is 6. The summed E-state index contributed by atoms with van der Waals surface area (Å²) < 4.78 is 4.82. The van der Waals surface area contributed by atoms with Gasteiger partial charge in [0.1, 0.15) is 0 Å². The van der Waals surface area contributed by atoms with Crippen LogP contribution in [0, 0.1) is 0 Å². The Hall–Kier alpha value is -12.4. The maximum atomic E-state index is 5.35. The van der Waals surface area contributed by atoms with E-state index in [2.05, 4.69) is 305 Å². The normalized spacial score (nSPS) is 11.5. The minimum Gasteiger partial charge on any atom is -0.309 e. The second-order valence-electron chi connectivity index (χ2n) is 23.4. The SMILES string of the molecule is c1ccc(-c2ccc3c(c2)c2cc(-c4ccccc4)ccc2n3-c2ccc(-c3cc(-c4nc(-c5ccccc5)nc(-c5ccccc5)n4)cc(-c4ccc(-n5c6ccc(-c7ccccc7)cc6c6cc(-c7ccccc7)ccc65)cc4)c3-c3ccncc3)cc2)cc1. The van der Waals surface area contributed by atoms with Crippen molar-refractivity contribution < 1.29 is 0 Å². The van der Waals surface area contributed by atoms with Crippen LogP contribution in [0.15, 0.2) is 340 Å². The molecule has 13 aromatic carbocycles. The van der Waals surface area contributed by atoms with Gasteiger partial charge in [-0.1, -0.05) is 231 Å². The molecule has 4 aromatic heterocycles. The highest BCUT2D eigenvalue weighted by molar-refractivity contribution is 6.13. The topological polar surface area (TPSA) is 61.4 Å². The van der Waals surface area contributed by atoms with E-state index in [0.29, 0.717) is 17.5 Å². The third kappa shape index (κ3) is 9.80. The molecule has 0 radical (unpaired) electrons. The summed E-state index contributed by atoms with van der Waals surface area (Å²) >= 11 is 0. The molecule has 0 atom stereocenters. The lowest BCUT2D eigenvalue weighted by Gasteiger charge is -2.20. The molecule has 17 aromatic rings. The van der Waals surface area contributed by atoms with E-state index in [9.17, 15) is 0 Å². The van der Waals surface area contributed by atoms with Gasteiger partial charge in [-0.25, -0.2) is 15.0 Å². The van der Waals surface area contributed by atoms with Gasteiger partial charge in [-0.2, -0.15) is 0 Å². The van der Waals surface area contributed by atoms with E-state index in [1.54, 1.807) is 0 Å². The van der Waals surface area contributed by atoms with Crippen LogP contribution in [-0.2, 0) is 0 Å². The molecule has 17 rings (SSSR count). The van der Waals surface area contributed by atoms with Gasteiger partial charge in [-0.05, 0) is 175 Å². The second kappa shape index (κ2) is 23.0. The molecule has 6 heteroatoms. The summed E-state index contributed by atoms with van der Waals surface area (Å²) in [6, 6.07) is 117. The van der Waals surface area contributed by atoms with Crippen molar-refractivity contribution in [2.75, 3.05) is 0 Å². The number of hydrogen-bond acceptors (Lipinski definition) is 4. The largest absolute Gasteiger partial charge is 0.309 e. The van der Waals surface area contributed by atoms with Gasteiger partial charge < -0.3 is 9.13 Å². The fraction of sp³-hybridized carbons (Fsp3) is 0. The Morgan fingerprint density at radius 2 is 0.467 bits per heavy atom. The van der Waals surface area contributed by atoms with Gasteiger partial charge in [0.15, 0.2) is 17.5 Å². The van der Waals surface area contributed by atoms with E-state index in [0.717, 1.165) is 83.5 Å². The predicted molar refractivity (Wildman–Crippen MR) is 381 cm³/mol. The molecule has 0 saturated carbocycles. The first-order valence-electron chi connectivity index (χ1n) is 31.2. The van der Waals surface area contributed by atoms with Crippen LogP contribution in [0.2, 0.25) is 0 Å². The van der Waals surface area contributed by atoms with E-state index in [4.69, 9.17) is 15.0 Å². The summed E-state index contributed by atoms with van der Waals surface area (Å²) in [5.74, 6) is 1.76. The summed E-state index contributed by atoms with van der Waals surface area (Å²) in [5.41, 5.74) is 25.0. The predicted octanol–water partition coefficient (Wildman–Crippen LogP) is 22.1. The van der Waals surface area contributed by atoms with Crippen molar-refractivity contribution in [1.82, 2.24) is 29.1 Å². The zero-order valence-corrected chi connectivity index (χ0v) is 50.0. The number of aromatic nitrogens is 6. The Labute approximate surface area is 533 Å². The van der Waals surface area contributed by atoms with Crippen molar-refractivity contribution in [3.63, 3.8) is 0 Å². The van der Waals surface area contributed by atoms with Gasteiger partial charge in [0.2, 0.25) is 0 Å². The summed E-state index contributed by atoms with van der Waals surface area (Å²) in [7, 11) is 0. The molecule has 0 fully saturated rings. The van der Waals surface area contributed by atoms with Crippen LogP contribution in [0.1, 0.15) is 0 Å². The lowest BCUT2D eigenvalue weighted by Crippen LogP contribution is -2.01. The molecule has 92 heavy (non-hydrogen) atoms. The molecule has 0 aliphatic heterocycles. The molecule has 0 saturated heterocycles. The highest BCUT2D eigenvalue weighted by Gasteiger charge is 2.23. The third-order valence-electron chi connectivity index (χ3n) is 17.9. The van der Waals surface area contributed by atoms with Gasteiger partial charge in [0.25, 0.3) is 0 Å². The number of rotatable bonds is 12. The number of benzene rings is 13. The average molecular weight is 1170 g/mol. The van der Waals surface area contributed by atoms with Crippen molar-refractivity contribution in [2.45, 2.75) is 0 Å². The Morgan fingerprint density at radius 3 is 0.772 bits per heavy atom. The molecule has 0 unspecified atom stereocenters. The zero-order valence-electron chi connectivity index (χ0n) is 50.0. The lowest BCUT2D eigenvalue weighted by atomic mass is 9.86. The standard InChI is InChI=1S/C86H56N6/c1-7-19-57(20-8-1)66-35-43-79-75(51-66)76-52-67(58-21-9-2-10-22-58)36-44-80(76)91(79)71-39-31-61(32-40-71)73-55-70(86-89-84(64-27-15-5-16-28-64)88-85(90-86)65-29-17-6-18-30-65)56-74(83(73)63-47-49-87-50-48-63)62-33-41-72(42-34-62)92-81-45-37-68(59-23-11-3-12-24-59)53-77(81)78-54-69(38-46-82(78)92)60-25-13-4-14-26-60/h1-56H. The van der Waals surface area contributed by atoms with Crippen molar-refractivity contribution in [1.29, 1.82) is 0 Å².